The Morgan fingerprint density at radius 2 is 2.07 bits per heavy atom. The average molecular weight is 409 g/mol. The molecule has 0 saturated heterocycles. The van der Waals surface area contributed by atoms with Gasteiger partial charge in [-0.15, -0.1) is 0 Å². The first kappa shape index (κ1) is 19.5. The minimum atomic E-state index is -0.468. The summed E-state index contributed by atoms with van der Waals surface area (Å²) in [6, 6.07) is 3.81. The molecule has 1 amide bonds. The van der Waals surface area contributed by atoms with Crippen LogP contribution in [0.2, 0.25) is 0 Å². The van der Waals surface area contributed by atoms with Crippen LogP contribution in [0.4, 0.5) is 16.2 Å². The molecule has 4 rings (SSSR count). The zero-order valence-electron chi connectivity index (χ0n) is 16.4. The van der Waals surface area contributed by atoms with Crippen molar-refractivity contribution in [2.45, 2.75) is 26.3 Å². The lowest BCUT2D eigenvalue weighted by atomic mass is 9.90. The Morgan fingerprint density at radius 1 is 1.27 bits per heavy atom. The van der Waals surface area contributed by atoms with Crippen LogP contribution in [-0.4, -0.2) is 32.4 Å². The number of nitrogens with one attached hydrogen (secondary N) is 1. The van der Waals surface area contributed by atoms with Crippen molar-refractivity contribution in [2.75, 3.05) is 18.1 Å². The lowest BCUT2D eigenvalue weighted by Crippen LogP contribution is -2.37. The summed E-state index contributed by atoms with van der Waals surface area (Å²) in [7, 11) is 0. The number of ether oxygens (including phenoxy) is 1. The van der Waals surface area contributed by atoms with Crippen LogP contribution in [0.5, 0.6) is 5.88 Å². The van der Waals surface area contributed by atoms with Crippen LogP contribution in [0.15, 0.2) is 24.4 Å². The van der Waals surface area contributed by atoms with Crippen LogP contribution in [0.3, 0.4) is 0 Å². The third-order valence-corrected chi connectivity index (χ3v) is 4.83. The molecule has 1 unspecified atom stereocenters. The molecule has 30 heavy (non-hydrogen) atoms. The zero-order chi connectivity index (χ0) is 21.4. The second-order valence-electron chi connectivity index (χ2n) is 6.83. The Kier molecular flexibility index (Phi) is 4.90. The van der Waals surface area contributed by atoms with Gasteiger partial charge in [0.1, 0.15) is 5.82 Å². The molecule has 0 bridgehead atoms. The molecule has 0 spiro atoms. The molecule has 1 aliphatic heterocycles. The van der Waals surface area contributed by atoms with Gasteiger partial charge in [-0.05, 0) is 31.5 Å². The minimum absolute atomic E-state index is 0.102. The molecule has 2 aromatic heterocycles. The molecule has 3 heterocycles. The zero-order valence-corrected chi connectivity index (χ0v) is 16.4. The summed E-state index contributed by atoms with van der Waals surface area (Å²) in [6.07, 6.45) is 1.81. The SMILES string of the molecule is CCOc1nc(-c2cc(F)ccc2C2Cc3nc(N)nc(C)c3C(=O)N2)cnc1N. The number of halogens is 1. The summed E-state index contributed by atoms with van der Waals surface area (Å²) < 4.78 is 19.5. The second kappa shape index (κ2) is 7.54. The Labute approximate surface area is 171 Å². The lowest BCUT2D eigenvalue weighted by molar-refractivity contribution is 0.0922. The van der Waals surface area contributed by atoms with Crippen LogP contribution in [-0.2, 0) is 6.42 Å². The fraction of sp³-hybridized carbons (Fsp3) is 0.250. The highest BCUT2D eigenvalue weighted by atomic mass is 19.1. The molecule has 3 aromatic rings. The van der Waals surface area contributed by atoms with Crippen LogP contribution in [0.1, 0.15) is 40.3 Å². The Bertz CT molecular complexity index is 1150. The topological polar surface area (TPSA) is 142 Å². The van der Waals surface area contributed by atoms with Gasteiger partial charge >= 0.3 is 0 Å². The normalized spacial score (nSPS) is 15.4. The molecule has 1 atom stereocenters. The van der Waals surface area contributed by atoms with E-state index in [4.69, 9.17) is 16.2 Å². The van der Waals surface area contributed by atoms with Crippen molar-refractivity contribution in [1.82, 2.24) is 25.3 Å². The predicted molar refractivity (Wildman–Crippen MR) is 108 cm³/mol. The number of carbonyl (C=O) groups is 1. The quantitative estimate of drug-likeness (QED) is 0.594. The highest BCUT2D eigenvalue weighted by Crippen LogP contribution is 2.34. The number of benzene rings is 1. The maximum absolute atomic E-state index is 14.1. The van der Waals surface area contributed by atoms with E-state index < -0.39 is 11.9 Å². The van der Waals surface area contributed by atoms with E-state index >= 15 is 0 Å². The predicted octanol–water partition coefficient (Wildman–Crippen LogP) is 1.97. The highest BCUT2D eigenvalue weighted by Gasteiger charge is 2.31. The van der Waals surface area contributed by atoms with Gasteiger partial charge in [0, 0.05) is 12.0 Å². The van der Waals surface area contributed by atoms with Gasteiger partial charge < -0.3 is 21.5 Å². The van der Waals surface area contributed by atoms with Crippen molar-refractivity contribution >= 4 is 17.7 Å². The largest absolute Gasteiger partial charge is 0.475 e. The van der Waals surface area contributed by atoms with E-state index in [1.54, 1.807) is 19.9 Å². The summed E-state index contributed by atoms with van der Waals surface area (Å²) in [5.74, 6) is -0.354. The lowest BCUT2D eigenvalue weighted by Gasteiger charge is -2.27. The van der Waals surface area contributed by atoms with Gasteiger partial charge in [0.2, 0.25) is 5.95 Å². The number of nitrogen functional groups attached to an aromatic ring is 2. The van der Waals surface area contributed by atoms with Gasteiger partial charge in [-0.25, -0.2) is 24.3 Å². The van der Waals surface area contributed by atoms with E-state index in [1.165, 1.54) is 18.3 Å². The first-order valence-corrected chi connectivity index (χ1v) is 9.36. The Hall–Kier alpha value is -3.82. The third kappa shape index (κ3) is 3.47. The number of rotatable bonds is 4. The molecule has 0 saturated carbocycles. The number of fused-ring (bicyclic) bond motifs is 1. The van der Waals surface area contributed by atoms with E-state index in [9.17, 15) is 9.18 Å². The van der Waals surface area contributed by atoms with Crippen molar-refractivity contribution in [3.8, 4) is 17.1 Å². The number of aryl methyl sites for hydroxylation is 1. The van der Waals surface area contributed by atoms with E-state index in [-0.39, 0.29) is 23.6 Å². The van der Waals surface area contributed by atoms with Gasteiger partial charge in [0.25, 0.3) is 11.8 Å². The van der Waals surface area contributed by atoms with Crippen molar-refractivity contribution in [2.24, 2.45) is 0 Å². The molecule has 9 nitrogen and oxygen atoms in total. The van der Waals surface area contributed by atoms with Crippen LogP contribution in [0.25, 0.3) is 11.3 Å². The first-order chi connectivity index (χ1) is 14.4. The maximum atomic E-state index is 14.1. The second-order valence-corrected chi connectivity index (χ2v) is 6.83. The number of carbonyl (C=O) groups excluding carboxylic acids is 1. The maximum Gasteiger partial charge on any atom is 0.257 e. The molecule has 1 aliphatic rings. The smallest absolute Gasteiger partial charge is 0.257 e. The third-order valence-electron chi connectivity index (χ3n) is 4.83. The highest BCUT2D eigenvalue weighted by molar-refractivity contribution is 5.98. The summed E-state index contributed by atoms with van der Waals surface area (Å²) >= 11 is 0. The summed E-state index contributed by atoms with van der Waals surface area (Å²) in [4.78, 5) is 29.5. The van der Waals surface area contributed by atoms with Gasteiger partial charge in [0.05, 0.1) is 41.5 Å². The van der Waals surface area contributed by atoms with Gasteiger partial charge in [-0.2, -0.15) is 0 Å². The van der Waals surface area contributed by atoms with Crippen molar-refractivity contribution in [1.29, 1.82) is 0 Å². The summed E-state index contributed by atoms with van der Waals surface area (Å²) in [5.41, 5.74) is 14.5. The molecule has 0 aliphatic carbocycles. The summed E-state index contributed by atoms with van der Waals surface area (Å²) in [6.45, 7) is 3.86. The van der Waals surface area contributed by atoms with E-state index in [1.807, 2.05) is 0 Å². The average Bonchev–Trinajstić information content (AvgIpc) is 2.69. The van der Waals surface area contributed by atoms with Crippen molar-refractivity contribution in [3.63, 3.8) is 0 Å². The van der Waals surface area contributed by atoms with Crippen LogP contribution < -0.4 is 21.5 Å². The number of nitrogens with two attached hydrogens (primary N) is 2. The van der Waals surface area contributed by atoms with E-state index in [0.29, 0.717) is 46.8 Å². The number of amides is 1. The van der Waals surface area contributed by atoms with Crippen LogP contribution in [0, 0.1) is 12.7 Å². The molecule has 0 fully saturated rings. The number of anilines is 2. The Balaban J connectivity index is 1.80. The molecule has 0 radical (unpaired) electrons. The fourth-order valence-corrected chi connectivity index (χ4v) is 3.57. The fourth-order valence-electron chi connectivity index (χ4n) is 3.57. The van der Waals surface area contributed by atoms with Gasteiger partial charge in [0.15, 0.2) is 5.82 Å². The van der Waals surface area contributed by atoms with Crippen molar-refractivity contribution < 1.29 is 13.9 Å². The molecule has 5 N–H and O–H groups in total. The summed E-state index contributed by atoms with van der Waals surface area (Å²) in [5, 5.41) is 2.94. The van der Waals surface area contributed by atoms with Gasteiger partial charge in [-0.1, -0.05) is 6.07 Å². The van der Waals surface area contributed by atoms with E-state index in [0.717, 1.165) is 0 Å². The standard InChI is InChI=1S/C20H20FN7O2/c1-3-30-19-17(22)24-8-15(27-19)12-6-10(21)4-5-11(12)13-7-14-16(18(29)26-13)9(2)25-20(23)28-14/h4-6,8,13H,3,7H2,1-2H3,(H2,22,24)(H,26,29)(H2,23,25,28). The molecule has 10 heteroatoms. The Morgan fingerprint density at radius 3 is 2.83 bits per heavy atom. The van der Waals surface area contributed by atoms with E-state index in [2.05, 4.69) is 25.3 Å². The van der Waals surface area contributed by atoms with Crippen LogP contribution >= 0.6 is 0 Å². The molecule has 154 valence electrons. The number of hydrogen-bond acceptors (Lipinski definition) is 8. The molecular formula is C20H20FN7O2. The number of aromatic nitrogens is 4. The van der Waals surface area contributed by atoms with Crippen molar-refractivity contribution in [3.05, 3.63) is 52.7 Å². The number of nitrogens with zero attached hydrogens (tertiary/aromatic N) is 4. The molecular weight excluding hydrogens is 389 g/mol. The number of hydrogen-bond donors (Lipinski definition) is 3. The van der Waals surface area contributed by atoms with Gasteiger partial charge in [-0.3, -0.25) is 4.79 Å². The minimum Gasteiger partial charge on any atom is -0.475 e. The monoisotopic (exact) mass is 409 g/mol. The first-order valence-electron chi connectivity index (χ1n) is 9.36. The molecule has 1 aromatic carbocycles.